The summed E-state index contributed by atoms with van der Waals surface area (Å²) < 4.78 is 27.7. The fourth-order valence-corrected chi connectivity index (χ4v) is 5.99. The van der Waals surface area contributed by atoms with Gasteiger partial charge in [0.1, 0.15) is 0 Å². The molecule has 0 aromatic heterocycles. The maximum absolute atomic E-state index is 13.0. The minimum atomic E-state index is -3.57. The predicted molar refractivity (Wildman–Crippen MR) is 111 cm³/mol. The van der Waals surface area contributed by atoms with E-state index < -0.39 is 10.0 Å². The monoisotopic (exact) mass is 407 g/mol. The number of carbonyl (C=O) groups is 1. The lowest BCUT2D eigenvalue weighted by Gasteiger charge is -2.32. The normalized spacial score (nSPS) is 22.9. The summed E-state index contributed by atoms with van der Waals surface area (Å²) in [7, 11) is -3.57. The number of nitrogens with one attached hydrogen (secondary N) is 1. The van der Waals surface area contributed by atoms with E-state index in [1.54, 1.807) is 22.5 Å². The summed E-state index contributed by atoms with van der Waals surface area (Å²) in [5.74, 6) is -0.183. The van der Waals surface area contributed by atoms with Crippen LogP contribution in [0.15, 0.2) is 29.2 Å². The largest absolute Gasteiger partial charge is 0.349 e. The first-order valence-electron chi connectivity index (χ1n) is 10.6. The summed E-state index contributed by atoms with van der Waals surface area (Å²) >= 11 is 0. The molecule has 0 spiro atoms. The van der Waals surface area contributed by atoms with E-state index in [2.05, 4.69) is 17.1 Å². The van der Waals surface area contributed by atoms with Gasteiger partial charge in [0, 0.05) is 37.3 Å². The number of nitrogens with zero attached hydrogens (tertiary/aromatic N) is 2. The van der Waals surface area contributed by atoms with Crippen molar-refractivity contribution in [2.75, 3.05) is 26.2 Å². The number of hydrogen-bond acceptors (Lipinski definition) is 4. The van der Waals surface area contributed by atoms with Gasteiger partial charge in [-0.1, -0.05) is 19.4 Å². The molecule has 1 aromatic rings. The highest BCUT2D eigenvalue weighted by Crippen LogP contribution is 2.25. The molecule has 2 fully saturated rings. The molecular formula is C21H33N3O3S. The molecule has 0 unspecified atom stereocenters. The van der Waals surface area contributed by atoms with E-state index in [1.165, 1.54) is 6.07 Å². The molecule has 2 aliphatic heterocycles. The summed E-state index contributed by atoms with van der Waals surface area (Å²) in [6.45, 7) is 7.80. The second kappa shape index (κ2) is 9.37. The third-order valence-corrected chi connectivity index (χ3v) is 7.92. The summed E-state index contributed by atoms with van der Waals surface area (Å²) in [5, 5.41) is 3.09. The Morgan fingerprint density at radius 2 is 1.89 bits per heavy atom. The van der Waals surface area contributed by atoms with Crippen molar-refractivity contribution in [3.8, 4) is 0 Å². The number of likely N-dealkylation sites (tertiary alicyclic amines) is 1. The Hall–Kier alpha value is -1.44. The highest BCUT2D eigenvalue weighted by Gasteiger charge is 2.31. The van der Waals surface area contributed by atoms with Crippen molar-refractivity contribution in [1.29, 1.82) is 0 Å². The Bertz CT molecular complexity index is 773. The summed E-state index contributed by atoms with van der Waals surface area (Å²) in [6.07, 6.45) is 5.86. The molecule has 2 saturated heterocycles. The molecule has 1 aromatic carbocycles. The first-order valence-corrected chi connectivity index (χ1v) is 12.0. The molecule has 0 radical (unpaired) electrons. The second-order valence-corrected chi connectivity index (χ2v) is 9.97. The van der Waals surface area contributed by atoms with Crippen molar-refractivity contribution in [2.45, 2.75) is 69.4 Å². The lowest BCUT2D eigenvalue weighted by Crippen LogP contribution is -2.44. The van der Waals surface area contributed by atoms with Crippen molar-refractivity contribution in [1.82, 2.24) is 14.5 Å². The fourth-order valence-electron chi connectivity index (χ4n) is 4.25. The van der Waals surface area contributed by atoms with Crippen molar-refractivity contribution >= 4 is 15.9 Å². The quantitative estimate of drug-likeness (QED) is 0.787. The Labute approximate surface area is 169 Å². The van der Waals surface area contributed by atoms with Crippen molar-refractivity contribution in [2.24, 2.45) is 0 Å². The van der Waals surface area contributed by atoms with Gasteiger partial charge in [-0.2, -0.15) is 4.31 Å². The van der Waals surface area contributed by atoms with Crippen LogP contribution in [0.1, 0.15) is 62.7 Å². The van der Waals surface area contributed by atoms with Crippen LogP contribution in [0.2, 0.25) is 0 Å². The maximum Gasteiger partial charge on any atom is 0.251 e. The van der Waals surface area contributed by atoms with E-state index in [-0.39, 0.29) is 22.9 Å². The van der Waals surface area contributed by atoms with Crippen molar-refractivity contribution in [3.63, 3.8) is 0 Å². The highest BCUT2D eigenvalue weighted by molar-refractivity contribution is 7.89. The molecule has 0 bridgehead atoms. The zero-order valence-corrected chi connectivity index (χ0v) is 17.9. The number of rotatable bonds is 6. The van der Waals surface area contributed by atoms with E-state index in [0.29, 0.717) is 12.1 Å². The third kappa shape index (κ3) is 4.93. The van der Waals surface area contributed by atoms with E-state index in [0.717, 1.165) is 58.2 Å². The van der Waals surface area contributed by atoms with Crippen LogP contribution in [0.3, 0.4) is 0 Å². The zero-order valence-electron chi connectivity index (χ0n) is 17.1. The Kier molecular flexibility index (Phi) is 7.12. The molecular weight excluding hydrogens is 374 g/mol. The van der Waals surface area contributed by atoms with Crippen LogP contribution in [0.25, 0.3) is 0 Å². The highest BCUT2D eigenvalue weighted by atomic mass is 32.2. The number of sulfonamides is 1. The molecule has 3 rings (SSSR count). The van der Waals surface area contributed by atoms with Crippen LogP contribution in [-0.2, 0) is 10.0 Å². The van der Waals surface area contributed by atoms with Gasteiger partial charge in [0.2, 0.25) is 10.0 Å². The van der Waals surface area contributed by atoms with E-state index in [4.69, 9.17) is 0 Å². The van der Waals surface area contributed by atoms with Crippen LogP contribution in [0, 0.1) is 0 Å². The minimum absolute atomic E-state index is 0.00420. The third-order valence-electron chi connectivity index (χ3n) is 5.91. The SMILES string of the molecule is CCCN1CCC(NC(=O)c2cccc(S(=O)(=O)N3CCCC[C@H]3C)c2)CC1. The van der Waals surface area contributed by atoms with Gasteiger partial charge in [0.25, 0.3) is 5.91 Å². The van der Waals surface area contributed by atoms with Crippen LogP contribution < -0.4 is 5.32 Å². The molecule has 1 N–H and O–H groups in total. The van der Waals surface area contributed by atoms with Crippen molar-refractivity contribution in [3.05, 3.63) is 29.8 Å². The Morgan fingerprint density at radius 1 is 1.14 bits per heavy atom. The van der Waals surface area contributed by atoms with E-state index in [9.17, 15) is 13.2 Å². The number of carbonyl (C=O) groups excluding carboxylic acids is 1. The lowest BCUT2D eigenvalue weighted by molar-refractivity contribution is 0.0911. The summed E-state index contributed by atoms with van der Waals surface area (Å²) in [4.78, 5) is 15.3. The van der Waals surface area contributed by atoms with Crippen LogP contribution in [-0.4, -0.2) is 61.8 Å². The summed E-state index contributed by atoms with van der Waals surface area (Å²) in [5.41, 5.74) is 0.418. The minimum Gasteiger partial charge on any atom is -0.349 e. The van der Waals surface area contributed by atoms with E-state index >= 15 is 0 Å². The maximum atomic E-state index is 13.0. The van der Waals surface area contributed by atoms with Gasteiger partial charge in [0.05, 0.1) is 4.90 Å². The predicted octanol–water partition coefficient (Wildman–Crippen LogP) is 2.85. The van der Waals surface area contributed by atoms with Gasteiger partial charge in [-0.25, -0.2) is 8.42 Å². The van der Waals surface area contributed by atoms with E-state index in [1.807, 2.05) is 6.92 Å². The molecule has 2 heterocycles. The molecule has 2 aliphatic rings. The molecule has 7 heteroatoms. The number of hydrogen-bond donors (Lipinski definition) is 1. The zero-order chi connectivity index (χ0) is 20.1. The van der Waals surface area contributed by atoms with Gasteiger partial charge in [-0.05, 0) is 63.8 Å². The van der Waals surface area contributed by atoms with Crippen LogP contribution in [0.5, 0.6) is 0 Å². The molecule has 6 nitrogen and oxygen atoms in total. The van der Waals surface area contributed by atoms with Gasteiger partial charge < -0.3 is 10.2 Å². The Morgan fingerprint density at radius 3 is 2.57 bits per heavy atom. The number of benzene rings is 1. The van der Waals surface area contributed by atoms with Gasteiger partial charge in [-0.3, -0.25) is 4.79 Å². The first-order chi connectivity index (χ1) is 13.4. The average molecular weight is 408 g/mol. The smallest absolute Gasteiger partial charge is 0.251 e. The molecule has 0 saturated carbocycles. The first kappa shape index (κ1) is 21.3. The van der Waals surface area contributed by atoms with Crippen molar-refractivity contribution < 1.29 is 13.2 Å². The molecule has 1 amide bonds. The average Bonchev–Trinajstić information content (AvgIpc) is 2.70. The standard InChI is InChI=1S/C21H33N3O3S/c1-3-12-23-14-10-19(11-15-23)22-21(25)18-8-6-9-20(16-18)28(26,27)24-13-5-4-7-17(24)2/h6,8-9,16-17,19H,3-5,7,10-15H2,1-2H3,(H,22,25)/t17-/m1/s1. The Balaban J connectivity index is 1.66. The molecule has 28 heavy (non-hydrogen) atoms. The van der Waals surface area contributed by atoms with Crippen LogP contribution >= 0.6 is 0 Å². The fraction of sp³-hybridized carbons (Fsp3) is 0.667. The lowest BCUT2D eigenvalue weighted by atomic mass is 10.0. The van der Waals surface area contributed by atoms with Gasteiger partial charge >= 0.3 is 0 Å². The molecule has 0 aliphatic carbocycles. The molecule has 156 valence electrons. The number of piperidine rings is 2. The van der Waals surface area contributed by atoms with Crippen LogP contribution in [0.4, 0.5) is 0 Å². The van der Waals surface area contributed by atoms with Gasteiger partial charge in [-0.15, -0.1) is 0 Å². The van der Waals surface area contributed by atoms with Gasteiger partial charge in [0.15, 0.2) is 0 Å². The summed E-state index contributed by atoms with van der Waals surface area (Å²) in [6, 6.07) is 6.64. The topological polar surface area (TPSA) is 69.7 Å². The molecule has 1 atom stereocenters. The second-order valence-electron chi connectivity index (χ2n) is 8.08. The number of amides is 1.